The highest BCUT2D eigenvalue weighted by Gasteiger charge is 2.04. The molecule has 0 saturated carbocycles. The molecule has 0 radical (unpaired) electrons. The van der Waals surface area contributed by atoms with Gasteiger partial charge in [-0.05, 0) is 18.2 Å². The number of rotatable bonds is 1. The molecule has 3 nitrogen and oxygen atoms in total. The minimum atomic E-state index is 0.618. The standard InChI is InChI=1S/C14H11N3/c1-2-6-12-11(5-1)14(17-10-9-16-12)13-7-3-4-8-15-13/h1-8,10H,9H2. The van der Waals surface area contributed by atoms with Gasteiger partial charge in [0.05, 0.1) is 23.3 Å². The zero-order valence-corrected chi connectivity index (χ0v) is 9.24. The van der Waals surface area contributed by atoms with Crippen LogP contribution >= 0.6 is 0 Å². The maximum absolute atomic E-state index is 4.47. The van der Waals surface area contributed by atoms with Crippen molar-refractivity contribution >= 4 is 11.9 Å². The van der Waals surface area contributed by atoms with Crippen molar-refractivity contribution in [2.24, 2.45) is 9.98 Å². The highest BCUT2D eigenvalue weighted by Crippen LogP contribution is 2.08. The average Bonchev–Trinajstić information content (AvgIpc) is 2.62. The van der Waals surface area contributed by atoms with E-state index in [4.69, 9.17) is 0 Å². The van der Waals surface area contributed by atoms with E-state index in [1.54, 1.807) is 6.20 Å². The smallest absolute Gasteiger partial charge is 0.0976 e. The van der Waals surface area contributed by atoms with Crippen molar-refractivity contribution in [3.05, 3.63) is 64.9 Å². The monoisotopic (exact) mass is 221 g/mol. The molecular weight excluding hydrogens is 210 g/mol. The molecule has 0 amide bonds. The van der Waals surface area contributed by atoms with Crippen LogP contribution in [0.15, 0.2) is 58.6 Å². The predicted molar refractivity (Wildman–Crippen MR) is 67.3 cm³/mol. The van der Waals surface area contributed by atoms with Gasteiger partial charge >= 0.3 is 0 Å². The van der Waals surface area contributed by atoms with Gasteiger partial charge in [0.25, 0.3) is 0 Å². The lowest BCUT2D eigenvalue weighted by molar-refractivity contribution is 1.18. The number of pyridine rings is 1. The van der Waals surface area contributed by atoms with Crippen LogP contribution in [0, 0.1) is 0 Å². The summed E-state index contributed by atoms with van der Waals surface area (Å²) in [5.74, 6) is 0. The van der Waals surface area contributed by atoms with Crippen molar-refractivity contribution in [1.82, 2.24) is 4.98 Å². The van der Waals surface area contributed by atoms with Crippen LogP contribution < -0.4 is 10.6 Å². The van der Waals surface area contributed by atoms with Crippen LogP contribution in [0.1, 0.15) is 5.69 Å². The van der Waals surface area contributed by atoms with Gasteiger partial charge in [-0.2, -0.15) is 0 Å². The summed E-state index contributed by atoms with van der Waals surface area (Å²) >= 11 is 0. The summed E-state index contributed by atoms with van der Waals surface area (Å²) in [6.45, 7) is 0.618. The molecule has 1 aliphatic rings. The Kier molecular flexibility index (Phi) is 2.50. The van der Waals surface area contributed by atoms with Crippen LogP contribution in [-0.4, -0.2) is 17.7 Å². The number of aromatic nitrogens is 1. The van der Waals surface area contributed by atoms with Crippen LogP contribution in [0.25, 0.3) is 5.70 Å². The van der Waals surface area contributed by atoms with E-state index in [9.17, 15) is 0 Å². The van der Waals surface area contributed by atoms with Crippen LogP contribution in [0.5, 0.6) is 0 Å². The molecule has 82 valence electrons. The number of para-hydroxylation sites is 1. The van der Waals surface area contributed by atoms with Crippen molar-refractivity contribution in [1.29, 1.82) is 0 Å². The largest absolute Gasteiger partial charge is 0.279 e. The van der Waals surface area contributed by atoms with E-state index in [0.717, 1.165) is 22.0 Å². The molecule has 1 aliphatic heterocycles. The van der Waals surface area contributed by atoms with Crippen molar-refractivity contribution < 1.29 is 0 Å². The van der Waals surface area contributed by atoms with Gasteiger partial charge in [0.2, 0.25) is 0 Å². The molecule has 0 N–H and O–H groups in total. The van der Waals surface area contributed by atoms with E-state index >= 15 is 0 Å². The number of nitrogens with zero attached hydrogens (tertiary/aromatic N) is 3. The van der Waals surface area contributed by atoms with Gasteiger partial charge in [-0.1, -0.05) is 24.3 Å². The second kappa shape index (κ2) is 4.29. The molecule has 1 aromatic heterocycles. The third-order valence-electron chi connectivity index (χ3n) is 2.63. The van der Waals surface area contributed by atoms with Gasteiger partial charge in [-0.15, -0.1) is 0 Å². The van der Waals surface area contributed by atoms with Gasteiger partial charge in [-0.25, -0.2) is 0 Å². The van der Waals surface area contributed by atoms with Crippen molar-refractivity contribution in [3.8, 4) is 0 Å². The molecule has 0 atom stereocenters. The first kappa shape index (κ1) is 9.90. The Morgan fingerprint density at radius 1 is 0.941 bits per heavy atom. The van der Waals surface area contributed by atoms with E-state index in [1.165, 1.54) is 0 Å². The second-order valence-corrected chi connectivity index (χ2v) is 3.73. The lowest BCUT2D eigenvalue weighted by Crippen LogP contribution is -2.26. The fourth-order valence-electron chi connectivity index (χ4n) is 1.86. The van der Waals surface area contributed by atoms with Crippen molar-refractivity contribution in [3.63, 3.8) is 0 Å². The van der Waals surface area contributed by atoms with Crippen LogP contribution in [-0.2, 0) is 0 Å². The number of hydrogen-bond donors (Lipinski definition) is 0. The summed E-state index contributed by atoms with van der Waals surface area (Å²) in [6, 6.07) is 13.9. The Morgan fingerprint density at radius 3 is 2.71 bits per heavy atom. The molecule has 0 aliphatic carbocycles. The molecular formula is C14H11N3. The topological polar surface area (TPSA) is 37.6 Å². The summed E-state index contributed by atoms with van der Waals surface area (Å²) in [5.41, 5.74) is 1.77. The zero-order chi connectivity index (χ0) is 11.5. The van der Waals surface area contributed by atoms with Crippen LogP contribution in [0.2, 0.25) is 0 Å². The minimum absolute atomic E-state index is 0.618. The molecule has 0 spiro atoms. The Hall–Kier alpha value is -2.29. The van der Waals surface area contributed by atoms with Crippen LogP contribution in [0.4, 0.5) is 0 Å². The molecule has 0 bridgehead atoms. The number of benzene rings is 1. The lowest BCUT2D eigenvalue weighted by atomic mass is 10.2. The zero-order valence-electron chi connectivity index (χ0n) is 9.24. The minimum Gasteiger partial charge on any atom is -0.279 e. The Bertz CT molecular complexity index is 672. The van der Waals surface area contributed by atoms with E-state index < -0.39 is 0 Å². The molecule has 2 heterocycles. The SMILES string of the molecule is C1=NC(c2ccccn2)=c2ccccc2=NC1. The van der Waals surface area contributed by atoms with Crippen LogP contribution in [0.3, 0.4) is 0 Å². The maximum atomic E-state index is 4.47. The number of fused-ring (bicyclic) bond motifs is 1. The molecule has 2 aromatic rings. The fourth-order valence-corrected chi connectivity index (χ4v) is 1.86. The quantitative estimate of drug-likeness (QED) is 0.706. The van der Waals surface area contributed by atoms with Gasteiger partial charge in [0.1, 0.15) is 0 Å². The lowest BCUT2D eigenvalue weighted by Gasteiger charge is -1.99. The first-order valence-electron chi connectivity index (χ1n) is 5.53. The Balaban J connectivity index is 2.38. The summed E-state index contributed by atoms with van der Waals surface area (Å²) in [4.78, 5) is 13.3. The van der Waals surface area contributed by atoms with E-state index in [1.807, 2.05) is 48.7 Å². The number of hydrogen-bond acceptors (Lipinski definition) is 3. The maximum Gasteiger partial charge on any atom is 0.0976 e. The van der Waals surface area contributed by atoms with E-state index in [0.29, 0.717) is 6.54 Å². The molecule has 0 unspecified atom stereocenters. The highest BCUT2D eigenvalue weighted by atomic mass is 14.8. The summed E-state index contributed by atoms with van der Waals surface area (Å²) in [6.07, 6.45) is 3.60. The predicted octanol–water partition coefficient (Wildman–Crippen LogP) is 0.942. The summed E-state index contributed by atoms with van der Waals surface area (Å²) in [5, 5.41) is 2.02. The van der Waals surface area contributed by atoms with E-state index in [2.05, 4.69) is 15.0 Å². The second-order valence-electron chi connectivity index (χ2n) is 3.73. The molecule has 3 heteroatoms. The van der Waals surface area contributed by atoms with E-state index in [-0.39, 0.29) is 0 Å². The third-order valence-corrected chi connectivity index (χ3v) is 2.63. The van der Waals surface area contributed by atoms with Gasteiger partial charge in [0, 0.05) is 17.6 Å². The van der Waals surface area contributed by atoms with Crippen molar-refractivity contribution in [2.75, 3.05) is 6.54 Å². The van der Waals surface area contributed by atoms with Gasteiger partial charge in [-0.3, -0.25) is 15.0 Å². The molecule has 1 aromatic carbocycles. The van der Waals surface area contributed by atoms with Gasteiger partial charge < -0.3 is 0 Å². The first-order valence-corrected chi connectivity index (χ1v) is 5.53. The van der Waals surface area contributed by atoms with Crippen molar-refractivity contribution in [2.45, 2.75) is 0 Å². The Labute approximate surface area is 98.9 Å². The molecule has 0 fully saturated rings. The third kappa shape index (κ3) is 1.87. The summed E-state index contributed by atoms with van der Waals surface area (Å²) in [7, 11) is 0. The summed E-state index contributed by atoms with van der Waals surface area (Å²) < 4.78 is 0. The molecule has 3 rings (SSSR count). The fraction of sp³-hybridized carbons (Fsp3) is 0.0714. The Morgan fingerprint density at radius 2 is 1.82 bits per heavy atom. The average molecular weight is 221 g/mol. The molecule has 17 heavy (non-hydrogen) atoms. The normalized spacial score (nSPS) is 13.8. The number of aliphatic imine (C=N–C) groups is 1. The first-order chi connectivity index (χ1) is 8.45. The molecule has 0 saturated heterocycles. The van der Waals surface area contributed by atoms with Gasteiger partial charge in [0.15, 0.2) is 0 Å². The highest BCUT2D eigenvalue weighted by molar-refractivity contribution is 5.73.